The summed E-state index contributed by atoms with van der Waals surface area (Å²) in [6.45, 7) is 4.29. The molecule has 6 rings (SSSR count). The fraction of sp³-hybridized carbons (Fsp3) is 0.462. The summed E-state index contributed by atoms with van der Waals surface area (Å²) in [6.07, 6.45) is 6.79. The van der Waals surface area contributed by atoms with Crippen molar-refractivity contribution in [2.24, 2.45) is 7.05 Å². The van der Waals surface area contributed by atoms with E-state index in [2.05, 4.69) is 38.9 Å². The van der Waals surface area contributed by atoms with Gasteiger partial charge in [-0.05, 0) is 36.1 Å². The molecule has 0 radical (unpaired) electrons. The van der Waals surface area contributed by atoms with Crippen LogP contribution in [0.3, 0.4) is 0 Å². The van der Waals surface area contributed by atoms with Crippen LogP contribution in [-0.4, -0.2) is 56.2 Å². The van der Waals surface area contributed by atoms with Gasteiger partial charge in [0.2, 0.25) is 5.91 Å². The number of aromatic nitrogens is 4. The van der Waals surface area contributed by atoms with Gasteiger partial charge in [-0.3, -0.25) is 14.2 Å². The molecule has 180 valence electrons. The van der Waals surface area contributed by atoms with Crippen molar-refractivity contribution in [3.63, 3.8) is 0 Å². The number of benzene rings is 1. The van der Waals surface area contributed by atoms with Gasteiger partial charge in [0.15, 0.2) is 5.82 Å². The Hall–Kier alpha value is -3.64. The van der Waals surface area contributed by atoms with Gasteiger partial charge in [0, 0.05) is 62.2 Å². The van der Waals surface area contributed by atoms with E-state index in [9.17, 15) is 10.1 Å². The van der Waals surface area contributed by atoms with Crippen LogP contribution in [0.25, 0.3) is 11.1 Å². The lowest BCUT2D eigenvalue weighted by Gasteiger charge is -2.30. The van der Waals surface area contributed by atoms with Crippen molar-refractivity contribution in [3.05, 3.63) is 47.4 Å². The summed E-state index contributed by atoms with van der Waals surface area (Å²) in [5.41, 5.74) is 6.79. The summed E-state index contributed by atoms with van der Waals surface area (Å²) < 4.78 is 9.64. The number of carbonyl (C=O) groups is 1. The number of amides is 1. The molecule has 0 bridgehead atoms. The highest BCUT2D eigenvalue weighted by Crippen LogP contribution is 2.44. The highest BCUT2D eigenvalue weighted by atomic mass is 16.5. The van der Waals surface area contributed by atoms with E-state index in [-0.39, 0.29) is 18.0 Å². The summed E-state index contributed by atoms with van der Waals surface area (Å²) in [4.78, 5) is 16.4. The summed E-state index contributed by atoms with van der Waals surface area (Å²) in [5.74, 6) is 0.959. The smallest absolute Gasteiger partial charge is 0.219 e. The van der Waals surface area contributed by atoms with Crippen molar-refractivity contribution < 1.29 is 9.53 Å². The van der Waals surface area contributed by atoms with Crippen molar-refractivity contribution in [1.29, 1.82) is 5.26 Å². The number of hydrogen-bond acceptors (Lipinski definition) is 6. The molecule has 1 unspecified atom stereocenters. The Kier molecular flexibility index (Phi) is 5.33. The first-order chi connectivity index (χ1) is 17.0. The zero-order valence-corrected chi connectivity index (χ0v) is 20.1. The monoisotopic (exact) mass is 471 g/mol. The SMILES string of the molecule is CC(=O)N1CCc2c(c(N3c4ccc(-c5cnn(C)c5)cc4CC3CC#N)nn2[C@H]2CCOC2)C1. The summed E-state index contributed by atoms with van der Waals surface area (Å²) in [5, 5.41) is 19.1. The fourth-order valence-electron chi connectivity index (χ4n) is 5.74. The molecule has 3 aromatic rings. The largest absolute Gasteiger partial charge is 0.379 e. The van der Waals surface area contributed by atoms with E-state index in [1.807, 2.05) is 24.3 Å². The second-order valence-electron chi connectivity index (χ2n) is 9.74. The fourth-order valence-corrected chi connectivity index (χ4v) is 5.74. The molecule has 3 aliphatic heterocycles. The van der Waals surface area contributed by atoms with E-state index >= 15 is 0 Å². The predicted molar refractivity (Wildman–Crippen MR) is 130 cm³/mol. The molecule has 0 saturated carbocycles. The van der Waals surface area contributed by atoms with Crippen LogP contribution >= 0.6 is 0 Å². The highest BCUT2D eigenvalue weighted by molar-refractivity contribution is 5.77. The number of fused-ring (bicyclic) bond motifs is 2. The molecule has 2 atom stereocenters. The van der Waals surface area contributed by atoms with Crippen LogP contribution in [-0.2, 0) is 36.0 Å². The van der Waals surface area contributed by atoms with E-state index in [0.717, 1.165) is 54.1 Å². The molecule has 9 nitrogen and oxygen atoms in total. The Morgan fingerprint density at radius 2 is 2.20 bits per heavy atom. The average Bonchev–Trinajstić information content (AvgIpc) is 3.63. The van der Waals surface area contributed by atoms with Gasteiger partial charge in [-0.25, -0.2) is 0 Å². The molecular formula is C26H29N7O2. The number of nitriles is 1. The molecule has 0 N–H and O–H groups in total. The number of ether oxygens (including phenoxy) is 1. The summed E-state index contributed by atoms with van der Waals surface area (Å²) in [6, 6.07) is 9.08. The van der Waals surface area contributed by atoms with Crippen LogP contribution in [0.5, 0.6) is 0 Å². The van der Waals surface area contributed by atoms with Crippen LogP contribution in [0.2, 0.25) is 0 Å². The molecule has 3 aliphatic rings. The molecule has 9 heteroatoms. The third-order valence-corrected chi connectivity index (χ3v) is 7.51. The maximum atomic E-state index is 12.3. The first-order valence-corrected chi connectivity index (χ1v) is 12.2. The maximum Gasteiger partial charge on any atom is 0.219 e. The number of anilines is 2. The number of hydrogen-bond donors (Lipinski definition) is 0. The molecule has 2 aromatic heterocycles. The van der Waals surface area contributed by atoms with Crippen LogP contribution in [0, 0.1) is 11.3 Å². The predicted octanol–water partition coefficient (Wildman–Crippen LogP) is 3.13. The Morgan fingerprint density at radius 1 is 1.31 bits per heavy atom. The van der Waals surface area contributed by atoms with Gasteiger partial charge in [-0.1, -0.05) is 6.07 Å². The minimum absolute atomic E-state index is 0.000805. The van der Waals surface area contributed by atoms with Crippen LogP contribution < -0.4 is 4.90 Å². The minimum Gasteiger partial charge on any atom is -0.379 e. The quantitative estimate of drug-likeness (QED) is 0.581. The van der Waals surface area contributed by atoms with Gasteiger partial charge in [0.25, 0.3) is 0 Å². The van der Waals surface area contributed by atoms with Crippen LogP contribution in [0.15, 0.2) is 30.6 Å². The third-order valence-electron chi connectivity index (χ3n) is 7.51. The van der Waals surface area contributed by atoms with E-state index in [1.165, 1.54) is 11.3 Å². The van der Waals surface area contributed by atoms with Crippen LogP contribution in [0.1, 0.15) is 42.6 Å². The third kappa shape index (κ3) is 3.69. The van der Waals surface area contributed by atoms with Crippen molar-refractivity contribution in [2.75, 3.05) is 24.7 Å². The van der Waals surface area contributed by atoms with E-state index in [4.69, 9.17) is 9.84 Å². The lowest BCUT2D eigenvalue weighted by Crippen LogP contribution is -2.36. The van der Waals surface area contributed by atoms with Gasteiger partial charge in [-0.2, -0.15) is 15.5 Å². The first-order valence-electron chi connectivity index (χ1n) is 12.2. The van der Waals surface area contributed by atoms with Gasteiger partial charge < -0.3 is 14.5 Å². The number of rotatable bonds is 4. The molecule has 1 fully saturated rings. The Morgan fingerprint density at radius 3 is 2.91 bits per heavy atom. The zero-order chi connectivity index (χ0) is 24.1. The standard InChI is InChI=1S/C26H29N7O2/c1-17(34)31-9-6-25-23(15-31)26(29-33(25)22-7-10-35-16-22)32-21(5-8-27)12-19-11-18(3-4-24(19)32)20-13-28-30(2)14-20/h3-4,11,13-14,21-22H,5-7,9-10,12,15-16H2,1-2H3/t21?,22-/m0/s1. The second kappa shape index (κ2) is 8.54. The van der Waals surface area contributed by atoms with Gasteiger partial charge in [0.05, 0.1) is 43.9 Å². The van der Waals surface area contributed by atoms with E-state index < -0.39 is 0 Å². The molecule has 0 aliphatic carbocycles. The van der Waals surface area contributed by atoms with Crippen molar-refractivity contribution in [2.45, 2.75) is 51.2 Å². The number of carbonyl (C=O) groups excluding carboxylic acids is 1. The van der Waals surface area contributed by atoms with Gasteiger partial charge in [-0.15, -0.1) is 0 Å². The molecule has 1 amide bonds. The molecule has 5 heterocycles. The van der Waals surface area contributed by atoms with E-state index in [1.54, 1.807) is 11.6 Å². The van der Waals surface area contributed by atoms with Gasteiger partial charge in [0.1, 0.15) is 0 Å². The Bertz CT molecular complexity index is 1330. The minimum atomic E-state index is -0.000805. The highest BCUT2D eigenvalue weighted by Gasteiger charge is 2.38. The van der Waals surface area contributed by atoms with Crippen LogP contribution in [0.4, 0.5) is 11.5 Å². The van der Waals surface area contributed by atoms with Crippen molar-refractivity contribution in [3.8, 4) is 17.2 Å². The molecule has 1 saturated heterocycles. The molecular weight excluding hydrogens is 442 g/mol. The zero-order valence-electron chi connectivity index (χ0n) is 20.1. The topological polar surface area (TPSA) is 92.2 Å². The lowest BCUT2D eigenvalue weighted by molar-refractivity contribution is -0.129. The maximum absolute atomic E-state index is 12.3. The molecule has 0 spiro atoms. The Labute approximate surface area is 204 Å². The summed E-state index contributed by atoms with van der Waals surface area (Å²) >= 11 is 0. The molecule has 1 aromatic carbocycles. The second-order valence-corrected chi connectivity index (χ2v) is 9.74. The van der Waals surface area contributed by atoms with Gasteiger partial charge >= 0.3 is 0 Å². The number of aryl methyl sites for hydroxylation is 1. The average molecular weight is 472 g/mol. The Balaban J connectivity index is 1.46. The number of nitrogens with zero attached hydrogens (tertiary/aromatic N) is 7. The lowest BCUT2D eigenvalue weighted by atomic mass is 10.0. The first kappa shape index (κ1) is 21.9. The summed E-state index contributed by atoms with van der Waals surface area (Å²) in [7, 11) is 1.92. The van der Waals surface area contributed by atoms with Crippen molar-refractivity contribution >= 4 is 17.4 Å². The normalized spacial score (nSPS) is 21.2. The van der Waals surface area contributed by atoms with E-state index in [0.29, 0.717) is 26.1 Å². The van der Waals surface area contributed by atoms with Crippen molar-refractivity contribution in [1.82, 2.24) is 24.5 Å². The molecule has 35 heavy (non-hydrogen) atoms.